The standard InChI is InChI=1S/C32H36F2N8O7/c1-40(11-13-48-15-14-47-12-9-35)31(44)21-4-6-23(7-5-21)42-18-24(27(39-42)28(33)34)37-29(43)25-19-49-30(38-25)22-8-10-36-26(16-22)41(32(45)46)17-20-2-3-20/h4-8,10,16,18-20,28H,2-3,9,11-15,17,35H2,1H3,(H,37,43)(H,45,46). The van der Waals surface area contributed by atoms with Gasteiger partial charge in [0.25, 0.3) is 18.2 Å². The maximum absolute atomic E-state index is 14.0. The first kappa shape index (κ1) is 35.1. The van der Waals surface area contributed by atoms with Gasteiger partial charge in [0.1, 0.15) is 12.1 Å². The summed E-state index contributed by atoms with van der Waals surface area (Å²) in [6, 6.07) is 9.20. The zero-order valence-corrected chi connectivity index (χ0v) is 26.6. The number of nitrogens with two attached hydrogens (primary N) is 1. The Morgan fingerprint density at radius 2 is 1.86 bits per heavy atom. The van der Waals surface area contributed by atoms with Crippen LogP contribution in [0.5, 0.6) is 0 Å². The van der Waals surface area contributed by atoms with Crippen molar-refractivity contribution in [3.05, 3.63) is 72.0 Å². The monoisotopic (exact) mass is 682 g/mol. The van der Waals surface area contributed by atoms with Crippen LogP contribution in [-0.4, -0.2) is 101 Å². The predicted molar refractivity (Wildman–Crippen MR) is 172 cm³/mol. The molecule has 1 saturated carbocycles. The highest BCUT2D eigenvalue weighted by Gasteiger charge is 2.29. The summed E-state index contributed by atoms with van der Waals surface area (Å²) in [5.41, 5.74) is 5.35. The Kier molecular flexibility index (Phi) is 11.6. The number of rotatable bonds is 17. The van der Waals surface area contributed by atoms with Gasteiger partial charge in [-0.05, 0) is 55.2 Å². The number of amides is 3. The van der Waals surface area contributed by atoms with Crippen LogP contribution in [0.2, 0.25) is 0 Å². The van der Waals surface area contributed by atoms with Crippen molar-refractivity contribution in [2.45, 2.75) is 19.3 Å². The lowest BCUT2D eigenvalue weighted by Crippen LogP contribution is -2.32. The first-order valence-corrected chi connectivity index (χ1v) is 15.5. The van der Waals surface area contributed by atoms with Gasteiger partial charge in [0.05, 0.1) is 44.0 Å². The summed E-state index contributed by atoms with van der Waals surface area (Å²) in [6.07, 6.45) is 1.43. The molecule has 49 heavy (non-hydrogen) atoms. The van der Waals surface area contributed by atoms with Crippen molar-refractivity contribution in [1.82, 2.24) is 24.6 Å². The van der Waals surface area contributed by atoms with Gasteiger partial charge in [-0.2, -0.15) is 5.10 Å². The highest BCUT2D eigenvalue weighted by atomic mass is 19.3. The van der Waals surface area contributed by atoms with Gasteiger partial charge in [-0.3, -0.25) is 14.5 Å². The van der Waals surface area contributed by atoms with E-state index in [1.807, 2.05) is 0 Å². The lowest BCUT2D eigenvalue weighted by atomic mass is 10.2. The Morgan fingerprint density at radius 3 is 2.53 bits per heavy atom. The van der Waals surface area contributed by atoms with Crippen LogP contribution >= 0.6 is 0 Å². The van der Waals surface area contributed by atoms with E-state index in [4.69, 9.17) is 19.6 Å². The van der Waals surface area contributed by atoms with E-state index in [1.165, 1.54) is 23.4 Å². The number of likely N-dealkylation sites (N-methyl/N-ethyl adjacent to an activating group) is 1. The van der Waals surface area contributed by atoms with Gasteiger partial charge in [-0.15, -0.1) is 0 Å². The molecule has 1 aromatic carbocycles. The van der Waals surface area contributed by atoms with Crippen LogP contribution in [0.15, 0.2) is 59.5 Å². The van der Waals surface area contributed by atoms with Gasteiger partial charge in [-0.25, -0.2) is 28.2 Å². The molecule has 3 heterocycles. The first-order chi connectivity index (χ1) is 23.6. The van der Waals surface area contributed by atoms with E-state index >= 15 is 0 Å². The van der Waals surface area contributed by atoms with Gasteiger partial charge in [0.15, 0.2) is 11.4 Å². The summed E-state index contributed by atoms with van der Waals surface area (Å²) in [4.78, 5) is 48.6. The second-order valence-electron chi connectivity index (χ2n) is 11.2. The topological polar surface area (TPSA) is 191 Å². The van der Waals surface area contributed by atoms with Crippen LogP contribution in [0.3, 0.4) is 0 Å². The number of carbonyl (C=O) groups excluding carboxylic acids is 2. The van der Waals surface area contributed by atoms with Crippen molar-refractivity contribution in [2.24, 2.45) is 11.7 Å². The van der Waals surface area contributed by atoms with Gasteiger partial charge in [0, 0.05) is 44.0 Å². The van der Waals surface area contributed by atoms with E-state index < -0.39 is 24.1 Å². The number of nitrogens with one attached hydrogen (secondary N) is 1. The number of carbonyl (C=O) groups is 3. The molecule has 260 valence electrons. The number of oxazole rings is 1. The second-order valence-corrected chi connectivity index (χ2v) is 11.2. The average Bonchev–Trinajstić information content (AvgIpc) is 3.60. The number of anilines is 2. The van der Waals surface area contributed by atoms with E-state index in [2.05, 4.69) is 20.4 Å². The summed E-state index contributed by atoms with van der Waals surface area (Å²) in [7, 11) is 1.64. The van der Waals surface area contributed by atoms with Crippen molar-refractivity contribution in [3.63, 3.8) is 0 Å². The van der Waals surface area contributed by atoms with Crippen molar-refractivity contribution in [2.75, 3.05) is 63.3 Å². The van der Waals surface area contributed by atoms with E-state index in [-0.39, 0.29) is 34.9 Å². The van der Waals surface area contributed by atoms with Crippen LogP contribution < -0.4 is 16.0 Å². The number of carboxylic acid groups (broad SMARTS) is 1. The lowest BCUT2D eigenvalue weighted by Gasteiger charge is -2.18. The van der Waals surface area contributed by atoms with Crippen LogP contribution in [-0.2, 0) is 9.47 Å². The number of benzene rings is 1. The Balaban J connectivity index is 1.22. The maximum Gasteiger partial charge on any atom is 0.413 e. The van der Waals surface area contributed by atoms with E-state index in [9.17, 15) is 28.3 Å². The number of nitrogens with zero attached hydrogens (tertiary/aromatic N) is 6. The van der Waals surface area contributed by atoms with Crippen molar-refractivity contribution in [3.8, 4) is 17.1 Å². The molecular weight excluding hydrogens is 646 g/mol. The Bertz CT molecular complexity index is 1740. The van der Waals surface area contributed by atoms with Gasteiger partial charge >= 0.3 is 6.09 Å². The quantitative estimate of drug-likeness (QED) is 0.136. The molecule has 3 amide bonds. The number of ether oxygens (including phenoxy) is 2. The summed E-state index contributed by atoms with van der Waals surface area (Å²) in [5.74, 6) is -0.612. The third kappa shape index (κ3) is 9.21. The predicted octanol–water partition coefficient (Wildman–Crippen LogP) is 4.07. The third-order valence-corrected chi connectivity index (χ3v) is 7.50. The van der Waals surface area contributed by atoms with Gasteiger partial charge in [-0.1, -0.05) is 0 Å². The number of halogens is 2. The fourth-order valence-electron chi connectivity index (χ4n) is 4.69. The SMILES string of the molecule is CN(CCOCCOCCN)C(=O)c1ccc(-n2cc(NC(=O)c3coc(-c4ccnc(N(CC5CC5)C(=O)O)c4)n3)c(C(F)F)n2)cc1. The Morgan fingerprint density at radius 1 is 1.12 bits per heavy atom. The summed E-state index contributed by atoms with van der Waals surface area (Å²) in [5, 5.41) is 16.0. The van der Waals surface area contributed by atoms with Crippen LogP contribution in [0.25, 0.3) is 17.1 Å². The molecule has 0 radical (unpaired) electrons. The molecule has 1 fully saturated rings. The lowest BCUT2D eigenvalue weighted by molar-refractivity contribution is 0.0409. The fourth-order valence-corrected chi connectivity index (χ4v) is 4.69. The number of aromatic nitrogens is 4. The molecule has 0 spiro atoms. The minimum atomic E-state index is -3.02. The minimum Gasteiger partial charge on any atom is -0.465 e. The van der Waals surface area contributed by atoms with Crippen LogP contribution in [0.1, 0.15) is 45.8 Å². The van der Waals surface area contributed by atoms with Gasteiger partial charge in [0.2, 0.25) is 5.89 Å². The molecule has 0 aliphatic heterocycles. The van der Waals surface area contributed by atoms with Crippen molar-refractivity contribution < 1.29 is 42.2 Å². The van der Waals surface area contributed by atoms with E-state index in [0.717, 1.165) is 28.7 Å². The molecule has 1 aliphatic rings. The highest BCUT2D eigenvalue weighted by Crippen LogP contribution is 2.32. The smallest absolute Gasteiger partial charge is 0.413 e. The summed E-state index contributed by atoms with van der Waals surface area (Å²) >= 11 is 0. The second kappa shape index (κ2) is 16.2. The molecule has 0 bridgehead atoms. The van der Waals surface area contributed by atoms with Crippen LogP contribution in [0, 0.1) is 5.92 Å². The number of hydrogen-bond acceptors (Lipinski definition) is 10. The van der Waals surface area contributed by atoms with Crippen LogP contribution in [0.4, 0.5) is 25.1 Å². The Labute approximate surface area is 279 Å². The normalized spacial score (nSPS) is 12.7. The van der Waals surface area contributed by atoms with E-state index in [0.29, 0.717) is 62.9 Å². The number of alkyl halides is 2. The molecule has 1 aliphatic carbocycles. The molecule has 0 unspecified atom stereocenters. The largest absolute Gasteiger partial charge is 0.465 e. The highest BCUT2D eigenvalue weighted by molar-refractivity contribution is 6.03. The third-order valence-electron chi connectivity index (χ3n) is 7.50. The molecular formula is C32H36F2N8O7. The molecule has 15 nitrogen and oxygen atoms in total. The zero-order chi connectivity index (χ0) is 34.9. The average molecular weight is 683 g/mol. The minimum absolute atomic E-state index is 0.0103. The Hall–Kier alpha value is -5.26. The zero-order valence-electron chi connectivity index (χ0n) is 26.6. The van der Waals surface area contributed by atoms with Gasteiger partial charge < -0.3 is 34.9 Å². The van der Waals surface area contributed by atoms with Crippen molar-refractivity contribution >= 4 is 29.4 Å². The molecule has 3 aromatic heterocycles. The van der Waals surface area contributed by atoms with Crippen molar-refractivity contribution in [1.29, 1.82) is 0 Å². The molecule has 4 N–H and O–H groups in total. The summed E-state index contributed by atoms with van der Waals surface area (Å²) < 4.78 is 45.2. The van der Waals surface area contributed by atoms with E-state index in [1.54, 1.807) is 37.4 Å². The molecule has 0 atom stereocenters. The number of hydrogen-bond donors (Lipinski definition) is 3. The first-order valence-electron chi connectivity index (χ1n) is 15.5. The maximum atomic E-state index is 14.0. The molecule has 0 saturated heterocycles. The fraction of sp³-hybridized carbons (Fsp3) is 0.375. The number of pyridine rings is 1. The summed E-state index contributed by atoms with van der Waals surface area (Å²) in [6.45, 7) is 2.65. The molecule has 4 aromatic rings. The molecule has 5 rings (SSSR count). The molecule has 17 heteroatoms.